The Morgan fingerprint density at radius 2 is 1.90 bits per heavy atom. The van der Waals surface area contributed by atoms with Crippen molar-refractivity contribution in [2.24, 2.45) is 11.3 Å². The van der Waals surface area contributed by atoms with Gasteiger partial charge in [0, 0.05) is 6.04 Å². The summed E-state index contributed by atoms with van der Waals surface area (Å²) in [6.45, 7) is 6.31. The van der Waals surface area contributed by atoms with E-state index in [0.717, 1.165) is 31.6 Å². The normalized spacial score (nSPS) is 23.1. The molecule has 0 aromatic heterocycles. The standard InChI is InChI=1S/C17H30N2O/c1-4-10-17(13-18,11-5-2)16(20)19-15-9-7-8-14(6-3)12-15/h14-15H,4-12H2,1-3H3,(H,19,20). The van der Waals surface area contributed by atoms with Crippen LogP contribution in [0.2, 0.25) is 0 Å². The first-order valence-electron chi connectivity index (χ1n) is 8.34. The van der Waals surface area contributed by atoms with Crippen LogP contribution in [-0.4, -0.2) is 11.9 Å². The molecule has 0 radical (unpaired) electrons. The Hall–Kier alpha value is -1.04. The summed E-state index contributed by atoms with van der Waals surface area (Å²) in [4.78, 5) is 12.6. The fourth-order valence-electron chi connectivity index (χ4n) is 3.48. The molecular weight excluding hydrogens is 248 g/mol. The zero-order valence-electron chi connectivity index (χ0n) is 13.4. The number of rotatable bonds is 7. The largest absolute Gasteiger partial charge is 0.352 e. The van der Waals surface area contributed by atoms with E-state index in [1.54, 1.807) is 0 Å². The fourth-order valence-corrected chi connectivity index (χ4v) is 3.48. The van der Waals surface area contributed by atoms with E-state index in [9.17, 15) is 10.1 Å². The lowest BCUT2D eigenvalue weighted by Crippen LogP contribution is -2.46. The van der Waals surface area contributed by atoms with Crippen molar-refractivity contribution in [1.29, 1.82) is 5.26 Å². The molecular formula is C17H30N2O. The predicted octanol–water partition coefficient (Wildman–Crippen LogP) is 4.18. The molecule has 0 saturated heterocycles. The number of nitriles is 1. The molecule has 20 heavy (non-hydrogen) atoms. The number of carbonyl (C=O) groups excluding carboxylic acids is 1. The Kier molecular flexibility index (Phi) is 7.05. The van der Waals surface area contributed by atoms with Gasteiger partial charge in [-0.2, -0.15) is 5.26 Å². The van der Waals surface area contributed by atoms with Gasteiger partial charge in [0.1, 0.15) is 5.41 Å². The van der Waals surface area contributed by atoms with Crippen molar-refractivity contribution in [2.45, 2.75) is 84.6 Å². The molecule has 2 unspecified atom stereocenters. The second kappa shape index (κ2) is 8.29. The van der Waals surface area contributed by atoms with Crippen LogP contribution in [-0.2, 0) is 4.79 Å². The predicted molar refractivity (Wildman–Crippen MR) is 82.0 cm³/mol. The van der Waals surface area contributed by atoms with E-state index in [2.05, 4.69) is 18.3 Å². The molecule has 114 valence electrons. The van der Waals surface area contributed by atoms with Crippen LogP contribution in [0.25, 0.3) is 0 Å². The second-order valence-electron chi connectivity index (χ2n) is 6.31. The van der Waals surface area contributed by atoms with Gasteiger partial charge in [0.15, 0.2) is 0 Å². The highest BCUT2D eigenvalue weighted by Crippen LogP contribution is 2.31. The summed E-state index contributed by atoms with van der Waals surface area (Å²) >= 11 is 0. The van der Waals surface area contributed by atoms with E-state index in [1.807, 2.05) is 13.8 Å². The number of amides is 1. The number of hydrogen-bond donors (Lipinski definition) is 1. The van der Waals surface area contributed by atoms with Crippen LogP contribution in [0.3, 0.4) is 0 Å². The Balaban J connectivity index is 2.68. The third-order valence-corrected chi connectivity index (χ3v) is 4.70. The van der Waals surface area contributed by atoms with Gasteiger partial charge < -0.3 is 5.32 Å². The molecule has 1 saturated carbocycles. The smallest absolute Gasteiger partial charge is 0.240 e. The third-order valence-electron chi connectivity index (χ3n) is 4.70. The van der Waals surface area contributed by atoms with E-state index >= 15 is 0 Å². The van der Waals surface area contributed by atoms with Gasteiger partial charge in [-0.25, -0.2) is 0 Å². The third kappa shape index (κ3) is 4.23. The molecule has 0 spiro atoms. The summed E-state index contributed by atoms with van der Waals surface area (Å²) in [7, 11) is 0. The van der Waals surface area contributed by atoms with Crippen LogP contribution in [0.5, 0.6) is 0 Å². The number of nitrogens with one attached hydrogen (secondary N) is 1. The number of nitrogens with zero attached hydrogens (tertiary/aromatic N) is 1. The zero-order chi connectivity index (χ0) is 15.0. The minimum atomic E-state index is -0.803. The maximum absolute atomic E-state index is 12.6. The second-order valence-corrected chi connectivity index (χ2v) is 6.31. The van der Waals surface area contributed by atoms with Crippen molar-refractivity contribution < 1.29 is 4.79 Å². The molecule has 0 aromatic carbocycles. The molecule has 3 nitrogen and oxygen atoms in total. The highest BCUT2D eigenvalue weighted by atomic mass is 16.2. The summed E-state index contributed by atoms with van der Waals surface area (Å²) in [6, 6.07) is 2.60. The summed E-state index contributed by atoms with van der Waals surface area (Å²) in [5.41, 5.74) is -0.803. The van der Waals surface area contributed by atoms with Crippen molar-refractivity contribution in [3.63, 3.8) is 0 Å². The first kappa shape index (κ1) is 17.0. The Labute approximate surface area is 124 Å². The molecule has 0 bridgehead atoms. The molecule has 1 rings (SSSR count). The van der Waals surface area contributed by atoms with Gasteiger partial charge in [-0.05, 0) is 31.6 Å². The minimum Gasteiger partial charge on any atom is -0.352 e. The van der Waals surface area contributed by atoms with Crippen LogP contribution in [0, 0.1) is 22.7 Å². The molecule has 1 amide bonds. The maximum Gasteiger partial charge on any atom is 0.240 e. The van der Waals surface area contributed by atoms with E-state index in [-0.39, 0.29) is 11.9 Å². The first-order valence-corrected chi connectivity index (χ1v) is 8.34. The lowest BCUT2D eigenvalue weighted by atomic mass is 9.78. The molecule has 1 N–H and O–H groups in total. The van der Waals surface area contributed by atoms with Crippen molar-refractivity contribution in [2.75, 3.05) is 0 Å². The lowest BCUT2D eigenvalue weighted by Gasteiger charge is -2.32. The summed E-state index contributed by atoms with van der Waals surface area (Å²) in [5.74, 6) is 0.716. The molecule has 1 fully saturated rings. The van der Waals surface area contributed by atoms with Gasteiger partial charge in [-0.1, -0.05) is 52.9 Å². The number of hydrogen-bond acceptors (Lipinski definition) is 2. The molecule has 0 aliphatic heterocycles. The summed E-state index contributed by atoms with van der Waals surface area (Å²) in [5, 5.41) is 12.7. The van der Waals surface area contributed by atoms with E-state index < -0.39 is 5.41 Å². The van der Waals surface area contributed by atoms with E-state index in [1.165, 1.54) is 19.3 Å². The van der Waals surface area contributed by atoms with Crippen molar-refractivity contribution in [3.8, 4) is 6.07 Å². The zero-order valence-corrected chi connectivity index (χ0v) is 13.4. The Morgan fingerprint density at radius 3 is 2.40 bits per heavy atom. The molecule has 0 heterocycles. The number of carbonyl (C=O) groups is 1. The average molecular weight is 278 g/mol. The first-order chi connectivity index (χ1) is 9.61. The van der Waals surface area contributed by atoms with Crippen LogP contribution in [0.4, 0.5) is 0 Å². The SMILES string of the molecule is CCCC(C#N)(CCC)C(=O)NC1CCCC(CC)C1. The topological polar surface area (TPSA) is 52.9 Å². The maximum atomic E-state index is 12.6. The van der Waals surface area contributed by atoms with Gasteiger partial charge in [0.25, 0.3) is 0 Å². The van der Waals surface area contributed by atoms with Crippen LogP contribution < -0.4 is 5.32 Å². The van der Waals surface area contributed by atoms with Gasteiger partial charge in [0.2, 0.25) is 5.91 Å². The summed E-state index contributed by atoms with van der Waals surface area (Å²) < 4.78 is 0. The molecule has 2 atom stereocenters. The monoisotopic (exact) mass is 278 g/mol. The fraction of sp³-hybridized carbons (Fsp3) is 0.882. The summed E-state index contributed by atoms with van der Waals surface area (Å²) in [6.07, 6.45) is 8.94. The lowest BCUT2D eigenvalue weighted by molar-refractivity contribution is -0.130. The quantitative estimate of drug-likeness (QED) is 0.759. The molecule has 0 aromatic rings. The molecule has 3 heteroatoms. The Bertz CT molecular complexity index is 339. The van der Waals surface area contributed by atoms with Crippen LogP contribution in [0.1, 0.15) is 78.6 Å². The van der Waals surface area contributed by atoms with Gasteiger partial charge in [0.05, 0.1) is 6.07 Å². The van der Waals surface area contributed by atoms with Gasteiger partial charge >= 0.3 is 0 Å². The van der Waals surface area contributed by atoms with Gasteiger partial charge in [-0.15, -0.1) is 0 Å². The molecule has 1 aliphatic carbocycles. The van der Waals surface area contributed by atoms with Crippen molar-refractivity contribution in [1.82, 2.24) is 5.32 Å². The minimum absolute atomic E-state index is 0.0227. The highest BCUT2D eigenvalue weighted by molar-refractivity contribution is 5.85. The van der Waals surface area contributed by atoms with Gasteiger partial charge in [-0.3, -0.25) is 4.79 Å². The molecule has 1 aliphatic rings. The average Bonchev–Trinajstić information content (AvgIpc) is 2.47. The van der Waals surface area contributed by atoms with Crippen molar-refractivity contribution in [3.05, 3.63) is 0 Å². The van der Waals surface area contributed by atoms with E-state index in [4.69, 9.17) is 0 Å². The Morgan fingerprint density at radius 1 is 1.25 bits per heavy atom. The van der Waals surface area contributed by atoms with Crippen LogP contribution in [0.15, 0.2) is 0 Å². The van der Waals surface area contributed by atoms with Crippen molar-refractivity contribution >= 4 is 5.91 Å². The van der Waals surface area contributed by atoms with E-state index in [0.29, 0.717) is 12.8 Å². The highest BCUT2D eigenvalue weighted by Gasteiger charge is 2.38. The van der Waals surface area contributed by atoms with Crippen LogP contribution >= 0.6 is 0 Å².